The lowest BCUT2D eigenvalue weighted by atomic mass is 10.1. The molecule has 0 spiro atoms. The number of aromatic nitrogens is 3. The first-order valence-electron chi connectivity index (χ1n) is 7.25. The van der Waals surface area contributed by atoms with Gasteiger partial charge in [-0.1, -0.05) is 19.9 Å². The van der Waals surface area contributed by atoms with Crippen LogP contribution < -0.4 is 5.32 Å². The Morgan fingerprint density at radius 1 is 1.19 bits per heavy atom. The monoisotopic (exact) mass is 348 g/mol. The van der Waals surface area contributed by atoms with Crippen molar-refractivity contribution in [3.8, 4) is 11.5 Å². The minimum atomic E-state index is 0.531. The highest BCUT2D eigenvalue weighted by Crippen LogP contribution is 2.28. The van der Waals surface area contributed by atoms with E-state index in [4.69, 9.17) is 4.98 Å². The third-order valence-corrected chi connectivity index (χ3v) is 3.82. The zero-order valence-electron chi connectivity index (χ0n) is 12.9. The van der Waals surface area contributed by atoms with E-state index in [-0.39, 0.29) is 0 Å². The van der Waals surface area contributed by atoms with Gasteiger partial charge in [0, 0.05) is 12.2 Å². The summed E-state index contributed by atoms with van der Waals surface area (Å²) in [5.74, 6) is 2.04. The van der Waals surface area contributed by atoms with E-state index < -0.39 is 0 Å². The number of aryl methyl sites for hydroxylation is 1. The molecule has 0 unspecified atom stereocenters. The molecule has 4 nitrogen and oxygen atoms in total. The molecule has 0 aliphatic carbocycles. The number of nitrogens with one attached hydrogen (secondary N) is 1. The summed E-state index contributed by atoms with van der Waals surface area (Å²) in [5.41, 5.74) is 2.80. The van der Waals surface area contributed by atoms with E-state index in [9.17, 15) is 0 Å². The quantitative estimate of drug-likeness (QED) is 0.877. The van der Waals surface area contributed by atoms with Crippen LogP contribution in [-0.4, -0.2) is 21.5 Å². The molecule has 112 valence electrons. The number of anilines is 1. The fraction of sp³-hybridized carbons (Fsp3) is 0.438. The second-order valence-corrected chi connectivity index (χ2v) is 6.24. The highest BCUT2D eigenvalue weighted by molar-refractivity contribution is 9.10. The molecule has 2 aromatic rings. The predicted molar refractivity (Wildman–Crippen MR) is 90.4 cm³/mol. The Morgan fingerprint density at radius 2 is 1.95 bits per heavy atom. The molecule has 2 aromatic heterocycles. The number of hydrogen-bond acceptors (Lipinski definition) is 4. The molecule has 0 aromatic carbocycles. The zero-order chi connectivity index (χ0) is 15.4. The van der Waals surface area contributed by atoms with Crippen molar-refractivity contribution in [3.63, 3.8) is 0 Å². The summed E-state index contributed by atoms with van der Waals surface area (Å²) in [7, 11) is 0. The molecule has 0 saturated heterocycles. The van der Waals surface area contributed by atoms with Crippen LogP contribution in [0.5, 0.6) is 0 Å². The maximum Gasteiger partial charge on any atom is 0.180 e. The molecule has 0 saturated carbocycles. The second-order valence-electron chi connectivity index (χ2n) is 5.45. The molecule has 5 heteroatoms. The molecule has 2 heterocycles. The summed E-state index contributed by atoms with van der Waals surface area (Å²) in [4.78, 5) is 13.8. The summed E-state index contributed by atoms with van der Waals surface area (Å²) in [6.45, 7) is 9.22. The van der Waals surface area contributed by atoms with Crippen molar-refractivity contribution in [3.05, 3.63) is 34.1 Å². The number of pyridine rings is 1. The van der Waals surface area contributed by atoms with Gasteiger partial charge in [-0.15, -0.1) is 0 Å². The zero-order valence-corrected chi connectivity index (χ0v) is 14.5. The Balaban J connectivity index is 2.52. The van der Waals surface area contributed by atoms with Crippen molar-refractivity contribution in [2.45, 2.75) is 34.1 Å². The van der Waals surface area contributed by atoms with Crippen LogP contribution in [0.15, 0.2) is 22.7 Å². The van der Waals surface area contributed by atoms with Crippen molar-refractivity contribution in [1.82, 2.24) is 15.0 Å². The fourth-order valence-corrected chi connectivity index (χ4v) is 2.56. The lowest BCUT2D eigenvalue weighted by molar-refractivity contribution is 0.632. The summed E-state index contributed by atoms with van der Waals surface area (Å²) in [6.07, 6.45) is 0.903. The van der Waals surface area contributed by atoms with Crippen LogP contribution in [0.25, 0.3) is 11.5 Å². The molecule has 0 radical (unpaired) electrons. The van der Waals surface area contributed by atoms with Crippen LogP contribution in [-0.2, 0) is 6.42 Å². The summed E-state index contributed by atoms with van der Waals surface area (Å²) < 4.78 is 0.953. The molecule has 0 aliphatic rings. The van der Waals surface area contributed by atoms with Gasteiger partial charge >= 0.3 is 0 Å². The van der Waals surface area contributed by atoms with E-state index in [1.807, 2.05) is 25.1 Å². The Hall–Kier alpha value is -1.49. The Bertz CT molecular complexity index is 626. The molecule has 2 rings (SSSR count). The standard InChI is InChI=1S/C16H21BrN4/c1-5-18-16-14(17)13(9-10(2)3)20-15(21-16)12-8-6-7-11(4)19-12/h6-8,10H,5,9H2,1-4H3,(H,18,20,21). The predicted octanol–water partition coefficient (Wildman–Crippen LogP) is 4.24. The summed E-state index contributed by atoms with van der Waals surface area (Å²) >= 11 is 3.62. The fourth-order valence-electron chi connectivity index (χ4n) is 2.08. The van der Waals surface area contributed by atoms with Crippen molar-refractivity contribution < 1.29 is 0 Å². The van der Waals surface area contributed by atoms with E-state index in [0.717, 1.165) is 40.3 Å². The number of halogens is 1. The van der Waals surface area contributed by atoms with Crippen LogP contribution in [0.3, 0.4) is 0 Å². The normalized spacial score (nSPS) is 11.0. The SMILES string of the molecule is CCNc1nc(-c2cccc(C)n2)nc(CC(C)C)c1Br. The van der Waals surface area contributed by atoms with Gasteiger partial charge in [0.2, 0.25) is 0 Å². The Labute approximate surface area is 134 Å². The molecule has 1 N–H and O–H groups in total. The Kier molecular flexibility index (Phi) is 5.28. The van der Waals surface area contributed by atoms with Gasteiger partial charge in [-0.25, -0.2) is 15.0 Å². The van der Waals surface area contributed by atoms with E-state index in [1.54, 1.807) is 0 Å². The third kappa shape index (κ3) is 4.00. The molecular weight excluding hydrogens is 328 g/mol. The van der Waals surface area contributed by atoms with Crippen LogP contribution in [0.1, 0.15) is 32.2 Å². The van der Waals surface area contributed by atoms with Gasteiger partial charge < -0.3 is 5.32 Å². The number of nitrogens with zero attached hydrogens (tertiary/aromatic N) is 3. The maximum absolute atomic E-state index is 4.71. The van der Waals surface area contributed by atoms with Crippen LogP contribution >= 0.6 is 15.9 Å². The maximum atomic E-state index is 4.71. The van der Waals surface area contributed by atoms with Crippen LogP contribution in [0, 0.1) is 12.8 Å². The molecule has 0 amide bonds. The minimum Gasteiger partial charge on any atom is -0.369 e. The smallest absolute Gasteiger partial charge is 0.180 e. The second kappa shape index (κ2) is 6.98. The molecule has 0 aliphatic heterocycles. The average molecular weight is 349 g/mol. The first-order chi connectivity index (χ1) is 10.0. The van der Waals surface area contributed by atoms with Gasteiger partial charge in [-0.05, 0) is 54.2 Å². The van der Waals surface area contributed by atoms with Crippen molar-refractivity contribution in [2.75, 3.05) is 11.9 Å². The highest BCUT2D eigenvalue weighted by Gasteiger charge is 2.15. The Morgan fingerprint density at radius 3 is 2.57 bits per heavy atom. The van der Waals surface area contributed by atoms with E-state index in [2.05, 4.69) is 52.0 Å². The van der Waals surface area contributed by atoms with Gasteiger partial charge in [-0.2, -0.15) is 0 Å². The highest BCUT2D eigenvalue weighted by atomic mass is 79.9. The first kappa shape index (κ1) is 15.9. The van der Waals surface area contributed by atoms with Crippen molar-refractivity contribution >= 4 is 21.7 Å². The molecule has 0 fully saturated rings. The topological polar surface area (TPSA) is 50.7 Å². The number of hydrogen-bond donors (Lipinski definition) is 1. The van der Waals surface area contributed by atoms with Gasteiger partial charge in [0.15, 0.2) is 5.82 Å². The molecular formula is C16H21BrN4. The van der Waals surface area contributed by atoms with Gasteiger partial charge in [0.05, 0.1) is 10.2 Å². The van der Waals surface area contributed by atoms with Gasteiger partial charge in [-0.3, -0.25) is 0 Å². The first-order valence-corrected chi connectivity index (χ1v) is 8.04. The largest absolute Gasteiger partial charge is 0.369 e. The average Bonchev–Trinajstić information content (AvgIpc) is 2.42. The van der Waals surface area contributed by atoms with Crippen LogP contribution in [0.2, 0.25) is 0 Å². The van der Waals surface area contributed by atoms with E-state index >= 15 is 0 Å². The molecule has 0 bridgehead atoms. The third-order valence-electron chi connectivity index (χ3n) is 2.98. The minimum absolute atomic E-state index is 0.531. The van der Waals surface area contributed by atoms with E-state index in [1.165, 1.54) is 0 Å². The van der Waals surface area contributed by atoms with E-state index in [0.29, 0.717) is 11.7 Å². The van der Waals surface area contributed by atoms with Crippen molar-refractivity contribution in [1.29, 1.82) is 0 Å². The lowest BCUT2D eigenvalue weighted by Crippen LogP contribution is -2.08. The van der Waals surface area contributed by atoms with Gasteiger partial charge in [0.25, 0.3) is 0 Å². The van der Waals surface area contributed by atoms with Gasteiger partial charge in [0.1, 0.15) is 11.5 Å². The van der Waals surface area contributed by atoms with Crippen molar-refractivity contribution in [2.24, 2.45) is 5.92 Å². The summed E-state index contributed by atoms with van der Waals surface area (Å²) in [5, 5.41) is 3.29. The number of rotatable bonds is 5. The summed E-state index contributed by atoms with van der Waals surface area (Å²) in [6, 6.07) is 5.91. The lowest BCUT2D eigenvalue weighted by Gasteiger charge is -2.13. The molecule has 21 heavy (non-hydrogen) atoms. The molecule has 0 atom stereocenters. The van der Waals surface area contributed by atoms with Crippen LogP contribution in [0.4, 0.5) is 5.82 Å².